The van der Waals surface area contributed by atoms with Crippen LogP contribution in [0, 0.1) is 23.7 Å². The van der Waals surface area contributed by atoms with Crippen molar-refractivity contribution in [1.82, 2.24) is 5.32 Å². The van der Waals surface area contributed by atoms with Gasteiger partial charge in [0.15, 0.2) is 0 Å². The van der Waals surface area contributed by atoms with Gasteiger partial charge in [-0.2, -0.15) is 0 Å². The predicted octanol–water partition coefficient (Wildman–Crippen LogP) is -1.19. The van der Waals surface area contributed by atoms with Crippen LogP contribution in [-0.2, 0) is 9.59 Å². The second kappa shape index (κ2) is 2.28. The monoisotopic (exact) mass is 197 g/mol. The molecular weight excluding hydrogens is 186 g/mol. The van der Waals surface area contributed by atoms with E-state index in [0.717, 1.165) is 0 Å². The zero-order valence-corrected chi connectivity index (χ0v) is 7.38. The Morgan fingerprint density at radius 3 is 2.79 bits per heavy atom. The quantitative estimate of drug-likeness (QED) is 0.493. The fraction of sp³-hybridized carbons (Fsp3) is 0.778. The van der Waals surface area contributed by atoms with Crippen LogP contribution < -0.4 is 5.32 Å². The van der Waals surface area contributed by atoms with Gasteiger partial charge in [-0.3, -0.25) is 9.59 Å². The Hall–Kier alpha value is -1.10. The highest BCUT2D eigenvalue weighted by Gasteiger charge is 2.66. The second-order valence-corrected chi connectivity index (χ2v) is 4.48. The number of aliphatic hydroxyl groups is 1. The van der Waals surface area contributed by atoms with Gasteiger partial charge in [-0.25, -0.2) is 0 Å². The Morgan fingerprint density at radius 1 is 1.43 bits per heavy atom. The summed E-state index contributed by atoms with van der Waals surface area (Å²) in [5.41, 5.74) is 0. The summed E-state index contributed by atoms with van der Waals surface area (Å²) < 4.78 is 0. The van der Waals surface area contributed by atoms with Gasteiger partial charge in [0.1, 0.15) is 0 Å². The average molecular weight is 197 g/mol. The first kappa shape index (κ1) is 8.23. The number of carboxylic acids is 1. The van der Waals surface area contributed by atoms with Gasteiger partial charge >= 0.3 is 5.97 Å². The molecule has 3 N–H and O–H groups in total. The molecule has 76 valence electrons. The second-order valence-electron chi connectivity index (χ2n) is 4.48. The molecule has 3 fully saturated rings. The molecule has 3 aliphatic rings. The largest absolute Gasteiger partial charge is 0.481 e. The van der Waals surface area contributed by atoms with E-state index in [1.165, 1.54) is 0 Å². The molecule has 3 rings (SSSR count). The molecule has 5 nitrogen and oxygen atoms in total. The van der Waals surface area contributed by atoms with Crippen LogP contribution in [-0.4, -0.2) is 34.2 Å². The van der Waals surface area contributed by atoms with Gasteiger partial charge < -0.3 is 15.5 Å². The fourth-order valence-electron chi connectivity index (χ4n) is 3.53. The summed E-state index contributed by atoms with van der Waals surface area (Å²) in [5, 5.41) is 21.5. The minimum atomic E-state index is -0.947. The number of carboxylic acid groups (broad SMARTS) is 1. The van der Waals surface area contributed by atoms with Gasteiger partial charge in [0.2, 0.25) is 5.91 Å². The Bertz CT molecular complexity index is 329. The average Bonchev–Trinajstić information content (AvgIpc) is 2.67. The zero-order valence-electron chi connectivity index (χ0n) is 7.38. The smallest absolute Gasteiger partial charge is 0.307 e. The Kier molecular flexibility index (Phi) is 1.34. The summed E-state index contributed by atoms with van der Waals surface area (Å²) in [6.45, 7) is 0. The van der Waals surface area contributed by atoms with Gasteiger partial charge in [-0.1, -0.05) is 0 Å². The highest BCUT2D eigenvalue weighted by atomic mass is 16.4. The molecule has 1 aliphatic heterocycles. The minimum Gasteiger partial charge on any atom is -0.481 e. The lowest BCUT2D eigenvalue weighted by molar-refractivity contribution is -0.149. The van der Waals surface area contributed by atoms with Crippen LogP contribution in [0.15, 0.2) is 0 Å². The number of nitrogens with one attached hydrogen (secondary N) is 1. The standard InChI is InChI=1S/C9H11NO4/c11-7-3-1-2-4(5(3)9(13)14)8(12)10-6(2)7/h2-7,11H,1H2,(H,10,12)(H,13,14)/t2-,3-,4-,5-,6+,7-/m1/s1. The third-order valence-corrected chi connectivity index (χ3v) is 4.02. The Labute approximate surface area is 80.1 Å². The van der Waals surface area contributed by atoms with Crippen molar-refractivity contribution in [3.63, 3.8) is 0 Å². The van der Waals surface area contributed by atoms with E-state index in [1.54, 1.807) is 0 Å². The summed E-state index contributed by atoms with van der Waals surface area (Å²) in [7, 11) is 0. The fourth-order valence-corrected chi connectivity index (χ4v) is 3.53. The van der Waals surface area contributed by atoms with Gasteiger partial charge in [0.05, 0.1) is 24.0 Å². The molecule has 5 heteroatoms. The molecule has 1 heterocycles. The number of carbonyl (C=O) groups is 2. The molecule has 6 atom stereocenters. The van der Waals surface area contributed by atoms with Crippen molar-refractivity contribution in [3.05, 3.63) is 0 Å². The molecule has 0 aromatic rings. The van der Waals surface area contributed by atoms with Crippen molar-refractivity contribution >= 4 is 11.9 Å². The van der Waals surface area contributed by atoms with E-state index in [1.807, 2.05) is 0 Å². The van der Waals surface area contributed by atoms with E-state index < -0.39 is 23.9 Å². The van der Waals surface area contributed by atoms with Gasteiger partial charge in [0.25, 0.3) is 0 Å². The molecule has 1 amide bonds. The SMILES string of the molecule is O=C(O)[C@@H]1[C@H]2C[C@H]3[C@H](NC(=O)[C@H]31)[C@@H]2O. The lowest BCUT2D eigenvalue weighted by Crippen LogP contribution is -2.42. The van der Waals surface area contributed by atoms with Crippen molar-refractivity contribution in [2.45, 2.75) is 18.6 Å². The summed E-state index contributed by atoms with van der Waals surface area (Å²) >= 11 is 0. The predicted molar refractivity (Wildman–Crippen MR) is 44.2 cm³/mol. The number of carbonyl (C=O) groups excluding carboxylic acids is 1. The number of amides is 1. The van der Waals surface area contributed by atoms with Crippen molar-refractivity contribution in [1.29, 1.82) is 0 Å². The number of aliphatic hydroxyl groups excluding tert-OH is 1. The number of aliphatic carboxylic acids is 1. The molecule has 1 saturated heterocycles. The van der Waals surface area contributed by atoms with E-state index in [2.05, 4.69) is 5.32 Å². The molecular formula is C9H11NO4. The van der Waals surface area contributed by atoms with E-state index >= 15 is 0 Å². The van der Waals surface area contributed by atoms with Crippen LogP contribution in [0.3, 0.4) is 0 Å². The van der Waals surface area contributed by atoms with Crippen molar-refractivity contribution < 1.29 is 19.8 Å². The Morgan fingerprint density at radius 2 is 2.14 bits per heavy atom. The number of rotatable bonds is 1. The topological polar surface area (TPSA) is 86.6 Å². The summed E-state index contributed by atoms with van der Waals surface area (Å²) in [5.74, 6) is -2.39. The van der Waals surface area contributed by atoms with Crippen LogP contribution in [0.25, 0.3) is 0 Å². The third kappa shape index (κ3) is 0.706. The lowest BCUT2D eigenvalue weighted by Gasteiger charge is -2.26. The Balaban J connectivity index is 2.04. The zero-order chi connectivity index (χ0) is 10.0. The molecule has 0 aromatic heterocycles. The van der Waals surface area contributed by atoms with Crippen molar-refractivity contribution in [2.24, 2.45) is 23.7 Å². The maximum Gasteiger partial charge on any atom is 0.307 e. The highest BCUT2D eigenvalue weighted by molar-refractivity contribution is 5.89. The maximum absolute atomic E-state index is 11.5. The number of fused-ring (bicyclic) bond motifs is 1. The molecule has 0 spiro atoms. The van der Waals surface area contributed by atoms with E-state index in [0.29, 0.717) is 6.42 Å². The molecule has 2 saturated carbocycles. The first-order chi connectivity index (χ1) is 6.61. The van der Waals surface area contributed by atoms with Crippen LogP contribution in [0.5, 0.6) is 0 Å². The molecule has 0 radical (unpaired) electrons. The van der Waals surface area contributed by atoms with E-state index in [4.69, 9.17) is 5.11 Å². The molecule has 2 bridgehead atoms. The highest BCUT2D eigenvalue weighted by Crippen LogP contribution is 2.55. The van der Waals surface area contributed by atoms with E-state index in [-0.39, 0.29) is 23.8 Å². The van der Waals surface area contributed by atoms with Crippen molar-refractivity contribution in [2.75, 3.05) is 0 Å². The molecule has 14 heavy (non-hydrogen) atoms. The molecule has 2 aliphatic carbocycles. The third-order valence-electron chi connectivity index (χ3n) is 4.02. The maximum atomic E-state index is 11.5. The summed E-state index contributed by atoms with van der Waals surface area (Å²) in [4.78, 5) is 22.4. The van der Waals surface area contributed by atoms with Crippen molar-refractivity contribution in [3.8, 4) is 0 Å². The molecule has 0 unspecified atom stereocenters. The lowest BCUT2D eigenvalue weighted by atomic mass is 9.78. The van der Waals surface area contributed by atoms with Crippen LogP contribution in [0.4, 0.5) is 0 Å². The minimum absolute atomic E-state index is 0.0450. The van der Waals surface area contributed by atoms with E-state index in [9.17, 15) is 14.7 Å². The van der Waals surface area contributed by atoms with Gasteiger partial charge in [-0.05, 0) is 12.3 Å². The summed E-state index contributed by atoms with van der Waals surface area (Å²) in [6, 6.07) is -0.187. The summed E-state index contributed by atoms with van der Waals surface area (Å²) in [6.07, 6.45) is 0.00968. The normalized spacial score (nSPS) is 53.6. The number of hydrogen-bond donors (Lipinski definition) is 3. The van der Waals surface area contributed by atoms with Gasteiger partial charge in [0, 0.05) is 5.92 Å². The first-order valence-electron chi connectivity index (χ1n) is 4.82. The first-order valence-corrected chi connectivity index (χ1v) is 4.82. The van der Waals surface area contributed by atoms with Crippen LogP contribution in [0.2, 0.25) is 0 Å². The van der Waals surface area contributed by atoms with Crippen LogP contribution in [0.1, 0.15) is 6.42 Å². The van der Waals surface area contributed by atoms with Gasteiger partial charge in [-0.15, -0.1) is 0 Å². The van der Waals surface area contributed by atoms with Crippen LogP contribution >= 0.6 is 0 Å². The number of hydrogen-bond acceptors (Lipinski definition) is 3. The molecule has 0 aromatic carbocycles.